The number of hydrogen-bond acceptors (Lipinski definition) is 4. The minimum Gasteiger partial charge on any atom is -0.481 e. The second-order valence-electron chi connectivity index (χ2n) is 5.21. The molecule has 0 radical (unpaired) electrons. The Hall–Kier alpha value is -3.16. The molecule has 0 bridgehead atoms. The molecule has 0 saturated carbocycles. The Balaban J connectivity index is 2.28. The van der Waals surface area contributed by atoms with Gasteiger partial charge in [-0.25, -0.2) is 4.98 Å². The lowest BCUT2D eigenvalue weighted by atomic mass is 9.98. The number of aromatic nitrogens is 1. The summed E-state index contributed by atoms with van der Waals surface area (Å²) in [4.78, 5) is 14.9. The molecule has 1 aromatic heterocycles. The van der Waals surface area contributed by atoms with Crippen LogP contribution in [0.5, 0.6) is 5.88 Å². The quantitative estimate of drug-likeness (QED) is 0.502. The molecule has 0 amide bonds. The number of fused-ring (bicyclic) bond motifs is 1. The normalized spacial score (nSPS) is 11.5. The van der Waals surface area contributed by atoms with E-state index in [0.717, 1.165) is 12.1 Å². The Labute approximate surface area is 139 Å². The predicted octanol–water partition coefficient (Wildman–Crippen LogP) is 4.84. The zero-order valence-corrected chi connectivity index (χ0v) is 12.9. The summed E-state index contributed by atoms with van der Waals surface area (Å²) in [6.45, 7) is 0. The highest BCUT2D eigenvalue weighted by Crippen LogP contribution is 2.39. The van der Waals surface area contributed by atoms with Crippen LogP contribution in [0.25, 0.3) is 21.9 Å². The molecule has 0 fully saturated rings. The molecule has 0 aliphatic heterocycles. The van der Waals surface area contributed by atoms with Crippen LogP contribution in [0.15, 0.2) is 48.7 Å². The molecular weight excluding hydrogens is 337 g/mol. The molecule has 0 aliphatic rings. The smallest absolute Gasteiger partial charge is 0.416 e. The van der Waals surface area contributed by atoms with Crippen molar-refractivity contribution in [3.8, 4) is 17.0 Å². The van der Waals surface area contributed by atoms with Crippen molar-refractivity contribution in [1.29, 1.82) is 0 Å². The summed E-state index contributed by atoms with van der Waals surface area (Å²) in [7, 11) is 1.39. The summed E-state index contributed by atoms with van der Waals surface area (Å²) in [5.41, 5.74) is -0.219. The van der Waals surface area contributed by atoms with Crippen LogP contribution in [0.4, 0.5) is 18.9 Å². The number of non-ortho nitro benzene ring substituents is 1. The van der Waals surface area contributed by atoms with Crippen molar-refractivity contribution in [2.75, 3.05) is 7.11 Å². The van der Waals surface area contributed by atoms with Gasteiger partial charge in [0.25, 0.3) is 5.69 Å². The molecule has 1 heterocycles. The molecule has 0 aliphatic carbocycles. The van der Waals surface area contributed by atoms with E-state index < -0.39 is 16.7 Å². The van der Waals surface area contributed by atoms with Crippen LogP contribution < -0.4 is 4.74 Å². The van der Waals surface area contributed by atoms with Crippen molar-refractivity contribution in [2.24, 2.45) is 0 Å². The Bertz CT molecular complexity index is 954. The zero-order chi connectivity index (χ0) is 18.2. The number of nitro benzene ring substituents is 1. The maximum absolute atomic E-state index is 12.7. The average molecular weight is 348 g/mol. The number of nitrogens with zero attached hydrogens (tertiary/aromatic N) is 2. The number of rotatable bonds is 3. The van der Waals surface area contributed by atoms with Gasteiger partial charge in [-0.1, -0.05) is 18.2 Å². The van der Waals surface area contributed by atoms with Gasteiger partial charge in [0, 0.05) is 17.8 Å². The molecule has 0 saturated heterocycles. The van der Waals surface area contributed by atoms with Crippen LogP contribution in [-0.2, 0) is 6.18 Å². The first-order chi connectivity index (χ1) is 11.8. The van der Waals surface area contributed by atoms with E-state index >= 15 is 0 Å². The van der Waals surface area contributed by atoms with Crippen LogP contribution in [0.3, 0.4) is 0 Å². The first kappa shape index (κ1) is 16.7. The van der Waals surface area contributed by atoms with Gasteiger partial charge in [-0.05, 0) is 23.8 Å². The van der Waals surface area contributed by atoms with Gasteiger partial charge >= 0.3 is 6.18 Å². The summed E-state index contributed by atoms with van der Waals surface area (Å²) < 4.78 is 43.3. The van der Waals surface area contributed by atoms with Gasteiger partial charge in [0.1, 0.15) is 0 Å². The average Bonchev–Trinajstić information content (AvgIpc) is 2.59. The maximum Gasteiger partial charge on any atom is 0.416 e. The van der Waals surface area contributed by atoms with Gasteiger partial charge in [-0.3, -0.25) is 10.1 Å². The summed E-state index contributed by atoms with van der Waals surface area (Å²) in [5, 5.41) is 12.1. The van der Waals surface area contributed by atoms with Crippen LogP contribution >= 0.6 is 0 Å². The molecule has 3 rings (SSSR count). The van der Waals surface area contributed by atoms with Gasteiger partial charge in [0.15, 0.2) is 0 Å². The van der Waals surface area contributed by atoms with Crippen molar-refractivity contribution in [2.45, 2.75) is 6.18 Å². The van der Waals surface area contributed by atoms with Gasteiger partial charge in [0.05, 0.1) is 28.4 Å². The van der Waals surface area contributed by atoms with E-state index in [-0.39, 0.29) is 17.0 Å². The second kappa shape index (κ2) is 6.04. The highest BCUT2D eigenvalue weighted by molar-refractivity contribution is 6.04. The zero-order valence-electron chi connectivity index (χ0n) is 12.9. The van der Waals surface area contributed by atoms with Crippen molar-refractivity contribution in [1.82, 2.24) is 4.98 Å². The summed E-state index contributed by atoms with van der Waals surface area (Å²) >= 11 is 0. The lowest BCUT2D eigenvalue weighted by Gasteiger charge is -2.11. The fraction of sp³-hybridized carbons (Fsp3) is 0.118. The van der Waals surface area contributed by atoms with E-state index in [1.165, 1.54) is 37.6 Å². The molecule has 25 heavy (non-hydrogen) atoms. The SMILES string of the molecule is COc1ncc(-c2ccc(C(F)(F)F)cc2)c2c([N+](=O)[O-])cccc12. The number of methoxy groups -OCH3 is 1. The molecule has 5 nitrogen and oxygen atoms in total. The monoisotopic (exact) mass is 348 g/mol. The van der Waals surface area contributed by atoms with E-state index in [0.29, 0.717) is 16.5 Å². The first-order valence-corrected chi connectivity index (χ1v) is 7.10. The largest absolute Gasteiger partial charge is 0.481 e. The number of ether oxygens (including phenoxy) is 1. The van der Waals surface area contributed by atoms with Gasteiger partial charge in [-0.15, -0.1) is 0 Å². The van der Waals surface area contributed by atoms with Crippen molar-refractivity contribution in [3.63, 3.8) is 0 Å². The fourth-order valence-corrected chi connectivity index (χ4v) is 2.63. The van der Waals surface area contributed by atoms with Crippen LogP contribution in [0, 0.1) is 10.1 Å². The van der Waals surface area contributed by atoms with Gasteiger partial charge in [0.2, 0.25) is 5.88 Å². The lowest BCUT2D eigenvalue weighted by molar-refractivity contribution is -0.383. The minimum atomic E-state index is -4.45. The molecule has 0 unspecified atom stereocenters. The number of pyridine rings is 1. The Morgan fingerprint density at radius 3 is 2.36 bits per heavy atom. The number of hydrogen-bond donors (Lipinski definition) is 0. The Morgan fingerprint density at radius 2 is 1.80 bits per heavy atom. The lowest BCUT2D eigenvalue weighted by Crippen LogP contribution is -2.04. The summed E-state index contributed by atoms with van der Waals surface area (Å²) in [5.74, 6) is 0.203. The number of benzene rings is 2. The molecule has 8 heteroatoms. The van der Waals surface area contributed by atoms with Gasteiger partial charge in [-0.2, -0.15) is 13.2 Å². The maximum atomic E-state index is 12.7. The molecule has 0 atom stereocenters. The van der Waals surface area contributed by atoms with Crippen molar-refractivity contribution >= 4 is 16.5 Å². The Kier molecular flexibility index (Phi) is 4.03. The van der Waals surface area contributed by atoms with Crippen LogP contribution in [-0.4, -0.2) is 17.0 Å². The summed E-state index contributed by atoms with van der Waals surface area (Å²) in [6.07, 6.45) is -3.10. The standard InChI is InChI=1S/C17H11F3N2O3/c1-25-16-12-3-2-4-14(22(23)24)15(12)13(9-21-16)10-5-7-11(8-6-10)17(18,19)20/h2-9H,1H3. The molecule has 0 spiro atoms. The molecular formula is C17H11F3N2O3. The third kappa shape index (κ3) is 2.98. The topological polar surface area (TPSA) is 65.3 Å². The van der Waals surface area contributed by atoms with Crippen molar-refractivity contribution < 1.29 is 22.8 Å². The molecule has 3 aromatic rings. The number of alkyl halides is 3. The van der Waals surface area contributed by atoms with E-state index in [2.05, 4.69) is 4.98 Å². The van der Waals surface area contributed by atoms with Crippen LogP contribution in [0.1, 0.15) is 5.56 Å². The Morgan fingerprint density at radius 1 is 1.12 bits per heavy atom. The first-order valence-electron chi connectivity index (χ1n) is 7.10. The van der Waals surface area contributed by atoms with Crippen LogP contribution in [0.2, 0.25) is 0 Å². The van der Waals surface area contributed by atoms with Crippen molar-refractivity contribution in [3.05, 3.63) is 64.3 Å². The van der Waals surface area contributed by atoms with E-state index in [9.17, 15) is 23.3 Å². The minimum absolute atomic E-state index is 0.173. The van der Waals surface area contributed by atoms with Gasteiger partial charge < -0.3 is 4.74 Å². The third-order valence-corrected chi connectivity index (χ3v) is 3.77. The van der Waals surface area contributed by atoms with E-state index in [1.54, 1.807) is 6.07 Å². The third-order valence-electron chi connectivity index (χ3n) is 3.77. The number of halogens is 3. The van der Waals surface area contributed by atoms with E-state index in [4.69, 9.17) is 4.74 Å². The summed E-state index contributed by atoms with van der Waals surface area (Å²) in [6, 6.07) is 8.84. The van der Waals surface area contributed by atoms with E-state index in [1.807, 2.05) is 0 Å². The number of nitro groups is 1. The molecule has 128 valence electrons. The highest BCUT2D eigenvalue weighted by atomic mass is 19.4. The second-order valence-corrected chi connectivity index (χ2v) is 5.21. The predicted molar refractivity (Wildman–Crippen MR) is 85.4 cm³/mol. The molecule has 2 aromatic carbocycles. The molecule has 0 N–H and O–H groups in total. The fourth-order valence-electron chi connectivity index (χ4n) is 2.63. The highest BCUT2D eigenvalue weighted by Gasteiger charge is 2.30.